The van der Waals surface area contributed by atoms with E-state index in [4.69, 9.17) is 4.74 Å². The molecule has 0 radical (unpaired) electrons. The number of hydrogen-bond acceptors (Lipinski definition) is 2. The van der Waals surface area contributed by atoms with E-state index in [-0.39, 0.29) is 5.92 Å². The van der Waals surface area contributed by atoms with Gasteiger partial charge in [0.15, 0.2) is 6.29 Å². The molecule has 1 fully saturated rings. The van der Waals surface area contributed by atoms with Crippen molar-refractivity contribution in [1.82, 2.24) is 0 Å². The Hall–Kier alpha value is -0.600. The normalized spacial score (nSPS) is 41.0. The van der Waals surface area contributed by atoms with Crippen LogP contribution in [0.4, 0.5) is 0 Å². The van der Waals surface area contributed by atoms with Gasteiger partial charge in [0, 0.05) is 5.92 Å². The molecule has 17 heavy (non-hydrogen) atoms. The number of ether oxygens (including phenoxy) is 1. The molecule has 5 unspecified atom stereocenters. The summed E-state index contributed by atoms with van der Waals surface area (Å²) in [5, 5.41) is 10.0. The molecule has 0 aromatic carbocycles. The van der Waals surface area contributed by atoms with Crippen molar-refractivity contribution in [2.24, 2.45) is 23.7 Å². The second-order valence-electron chi connectivity index (χ2n) is 5.79. The van der Waals surface area contributed by atoms with Crippen LogP contribution < -0.4 is 0 Å². The molecule has 2 bridgehead atoms. The van der Waals surface area contributed by atoms with E-state index in [1.54, 1.807) is 0 Å². The van der Waals surface area contributed by atoms with Crippen molar-refractivity contribution in [3.05, 3.63) is 24.3 Å². The second-order valence-corrected chi connectivity index (χ2v) is 5.79. The fourth-order valence-electron chi connectivity index (χ4n) is 3.51. The lowest BCUT2D eigenvalue weighted by atomic mass is 9.93. The molecule has 0 amide bonds. The summed E-state index contributed by atoms with van der Waals surface area (Å²) >= 11 is 0. The third-order valence-electron chi connectivity index (χ3n) is 4.56. The molecule has 0 aromatic heterocycles. The van der Waals surface area contributed by atoms with Gasteiger partial charge in [-0.25, -0.2) is 0 Å². The molecule has 3 aliphatic carbocycles. The Morgan fingerprint density at radius 1 is 1.24 bits per heavy atom. The van der Waals surface area contributed by atoms with Gasteiger partial charge in [-0.05, 0) is 49.9 Å². The van der Waals surface area contributed by atoms with Gasteiger partial charge in [-0.3, -0.25) is 0 Å². The molecule has 0 aliphatic heterocycles. The van der Waals surface area contributed by atoms with Gasteiger partial charge in [-0.2, -0.15) is 0 Å². The van der Waals surface area contributed by atoms with Crippen molar-refractivity contribution < 1.29 is 9.84 Å². The number of rotatable bonds is 4. The zero-order valence-corrected chi connectivity index (χ0v) is 10.3. The van der Waals surface area contributed by atoms with E-state index in [1.165, 1.54) is 19.3 Å². The topological polar surface area (TPSA) is 29.5 Å². The highest BCUT2D eigenvalue weighted by Gasteiger charge is 2.36. The molecular weight excluding hydrogens is 212 g/mol. The zero-order chi connectivity index (χ0) is 11.7. The molecule has 5 atom stereocenters. The molecule has 1 saturated carbocycles. The summed E-state index contributed by atoms with van der Waals surface area (Å²) in [5.41, 5.74) is 0. The van der Waals surface area contributed by atoms with Crippen LogP contribution in [0.5, 0.6) is 0 Å². The molecule has 94 valence electrons. The van der Waals surface area contributed by atoms with E-state index in [9.17, 15) is 5.11 Å². The van der Waals surface area contributed by atoms with Gasteiger partial charge < -0.3 is 9.84 Å². The maximum absolute atomic E-state index is 10.0. The third-order valence-corrected chi connectivity index (χ3v) is 4.56. The van der Waals surface area contributed by atoms with Crippen LogP contribution in [0.1, 0.15) is 32.1 Å². The fourth-order valence-corrected chi connectivity index (χ4v) is 3.51. The second kappa shape index (κ2) is 4.95. The van der Waals surface area contributed by atoms with E-state index in [0.717, 1.165) is 25.4 Å². The first-order valence-corrected chi connectivity index (χ1v) is 6.97. The first kappa shape index (κ1) is 11.5. The van der Waals surface area contributed by atoms with Gasteiger partial charge in [0.2, 0.25) is 0 Å². The summed E-state index contributed by atoms with van der Waals surface area (Å²) in [4.78, 5) is 0. The van der Waals surface area contributed by atoms with Crippen LogP contribution in [0.25, 0.3) is 0 Å². The Bertz CT molecular complexity index is 321. The van der Waals surface area contributed by atoms with Gasteiger partial charge in [-0.1, -0.05) is 24.3 Å². The third kappa shape index (κ3) is 2.48. The standard InChI is InChI=1S/C15H22O2/c16-15(12-4-2-1-3-5-12)17-10-14-9-11-6-7-13(14)8-11/h2,4,6-7,11-16H,1,3,5,8-10H2. The molecule has 3 rings (SSSR count). The summed E-state index contributed by atoms with van der Waals surface area (Å²) in [6, 6.07) is 0. The highest BCUT2D eigenvalue weighted by molar-refractivity contribution is 5.10. The number of aliphatic hydroxyl groups is 1. The summed E-state index contributed by atoms with van der Waals surface area (Å²) in [5.74, 6) is 2.37. The Balaban J connectivity index is 1.46. The molecule has 2 nitrogen and oxygen atoms in total. The van der Waals surface area contributed by atoms with E-state index in [0.29, 0.717) is 11.8 Å². The average Bonchev–Trinajstić information content (AvgIpc) is 2.99. The highest BCUT2D eigenvalue weighted by atomic mass is 16.6. The minimum atomic E-state index is -0.588. The Kier molecular flexibility index (Phi) is 3.34. The first-order chi connectivity index (χ1) is 8.33. The summed E-state index contributed by atoms with van der Waals surface area (Å²) in [6.07, 6.45) is 14.4. The van der Waals surface area contributed by atoms with E-state index >= 15 is 0 Å². The van der Waals surface area contributed by atoms with Gasteiger partial charge >= 0.3 is 0 Å². The van der Waals surface area contributed by atoms with Crippen LogP contribution in [0.2, 0.25) is 0 Å². The molecule has 0 spiro atoms. The largest absolute Gasteiger partial charge is 0.367 e. The number of fused-ring (bicyclic) bond motifs is 2. The van der Waals surface area contributed by atoms with Crippen molar-refractivity contribution in [2.75, 3.05) is 6.61 Å². The Morgan fingerprint density at radius 3 is 2.82 bits per heavy atom. The molecule has 3 aliphatic rings. The Labute approximate surface area is 103 Å². The lowest BCUT2D eigenvalue weighted by molar-refractivity contribution is -0.136. The van der Waals surface area contributed by atoms with Crippen LogP contribution in [0.15, 0.2) is 24.3 Å². The number of allylic oxidation sites excluding steroid dienone is 3. The fraction of sp³-hybridized carbons (Fsp3) is 0.733. The van der Waals surface area contributed by atoms with E-state index in [2.05, 4.69) is 24.3 Å². The number of hydrogen-bond donors (Lipinski definition) is 1. The van der Waals surface area contributed by atoms with Crippen molar-refractivity contribution in [3.63, 3.8) is 0 Å². The number of aliphatic hydroxyl groups excluding tert-OH is 1. The average molecular weight is 234 g/mol. The minimum Gasteiger partial charge on any atom is -0.367 e. The first-order valence-electron chi connectivity index (χ1n) is 6.97. The molecule has 0 saturated heterocycles. The van der Waals surface area contributed by atoms with Crippen molar-refractivity contribution >= 4 is 0 Å². The highest BCUT2D eigenvalue weighted by Crippen LogP contribution is 2.43. The molecule has 0 aromatic rings. The summed E-state index contributed by atoms with van der Waals surface area (Å²) < 4.78 is 5.69. The predicted octanol–water partition coefficient (Wildman–Crippen LogP) is 2.89. The predicted molar refractivity (Wildman–Crippen MR) is 67.3 cm³/mol. The van der Waals surface area contributed by atoms with Crippen molar-refractivity contribution in [2.45, 2.75) is 38.4 Å². The maximum atomic E-state index is 10.0. The molecule has 0 heterocycles. The molecular formula is C15H22O2. The maximum Gasteiger partial charge on any atom is 0.160 e. The minimum absolute atomic E-state index is 0.220. The van der Waals surface area contributed by atoms with Gasteiger partial charge in [-0.15, -0.1) is 0 Å². The molecule has 2 heteroatoms. The SMILES string of the molecule is OC(OCC1CC2C=CC1C2)C1C=CCCC1. The van der Waals surface area contributed by atoms with Crippen LogP contribution >= 0.6 is 0 Å². The zero-order valence-electron chi connectivity index (χ0n) is 10.3. The van der Waals surface area contributed by atoms with Crippen LogP contribution in [-0.2, 0) is 4.74 Å². The van der Waals surface area contributed by atoms with E-state index in [1.807, 2.05) is 0 Å². The summed E-state index contributed by atoms with van der Waals surface area (Å²) in [7, 11) is 0. The Morgan fingerprint density at radius 2 is 2.18 bits per heavy atom. The monoisotopic (exact) mass is 234 g/mol. The van der Waals surface area contributed by atoms with Gasteiger partial charge in [0.1, 0.15) is 0 Å². The van der Waals surface area contributed by atoms with E-state index < -0.39 is 6.29 Å². The lowest BCUT2D eigenvalue weighted by Gasteiger charge is -2.25. The van der Waals surface area contributed by atoms with Crippen molar-refractivity contribution in [1.29, 1.82) is 0 Å². The van der Waals surface area contributed by atoms with Crippen LogP contribution in [0, 0.1) is 23.7 Å². The van der Waals surface area contributed by atoms with Crippen molar-refractivity contribution in [3.8, 4) is 0 Å². The van der Waals surface area contributed by atoms with Gasteiger partial charge in [0.05, 0.1) is 6.61 Å². The van der Waals surface area contributed by atoms with Crippen LogP contribution in [0.3, 0.4) is 0 Å². The van der Waals surface area contributed by atoms with Gasteiger partial charge in [0.25, 0.3) is 0 Å². The molecule has 1 N–H and O–H groups in total. The smallest absolute Gasteiger partial charge is 0.160 e. The summed E-state index contributed by atoms with van der Waals surface area (Å²) in [6.45, 7) is 0.733. The lowest BCUT2D eigenvalue weighted by Crippen LogP contribution is -2.27. The van der Waals surface area contributed by atoms with Crippen LogP contribution in [-0.4, -0.2) is 18.0 Å². The quantitative estimate of drug-likeness (QED) is 0.598.